The minimum Gasteiger partial charge on any atom is -0.490 e. The predicted octanol–water partition coefficient (Wildman–Crippen LogP) is 2.96. The second kappa shape index (κ2) is 5.39. The van der Waals surface area contributed by atoms with Crippen LogP contribution in [-0.4, -0.2) is 18.8 Å². The number of nitrogens with one attached hydrogen (secondary N) is 1. The van der Waals surface area contributed by atoms with Gasteiger partial charge in [-0.1, -0.05) is 18.7 Å². The fourth-order valence-electron chi connectivity index (χ4n) is 1.31. The van der Waals surface area contributed by atoms with Gasteiger partial charge in [0, 0.05) is 11.8 Å². The van der Waals surface area contributed by atoms with Crippen molar-refractivity contribution in [3.63, 3.8) is 0 Å². The summed E-state index contributed by atoms with van der Waals surface area (Å²) in [5.41, 5.74) is 0.664. The number of ether oxygens (including phenoxy) is 2. The van der Waals surface area contributed by atoms with Crippen molar-refractivity contribution < 1.29 is 14.3 Å². The first-order valence-electron chi connectivity index (χ1n) is 5.59. The maximum Gasteiger partial charge on any atom is 0.411 e. The van der Waals surface area contributed by atoms with Gasteiger partial charge in [-0.3, -0.25) is 5.32 Å². The summed E-state index contributed by atoms with van der Waals surface area (Å²) in [5.74, 6) is 0.772. The van der Waals surface area contributed by atoms with Gasteiger partial charge >= 0.3 is 6.09 Å². The molecule has 0 unspecified atom stereocenters. The molecule has 17 heavy (non-hydrogen) atoms. The summed E-state index contributed by atoms with van der Waals surface area (Å²) in [6.45, 7) is 3.67. The van der Waals surface area contributed by atoms with E-state index in [-0.39, 0.29) is 6.61 Å². The molecule has 0 spiro atoms. The van der Waals surface area contributed by atoms with E-state index in [4.69, 9.17) is 9.47 Å². The Morgan fingerprint density at radius 1 is 1.53 bits per heavy atom. The summed E-state index contributed by atoms with van der Waals surface area (Å²) < 4.78 is 10.4. The van der Waals surface area contributed by atoms with Gasteiger partial charge in [0.15, 0.2) is 0 Å². The molecule has 1 N–H and O–H groups in total. The average molecular weight is 233 g/mol. The molecule has 4 heteroatoms. The van der Waals surface area contributed by atoms with Crippen LogP contribution in [0.5, 0.6) is 5.75 Å². The highest BCUT2D eigenvalue weighted by Gasteiger charge is 2.23. The van der Waals surface area contributed by atoms with Crippen LogP contribution in [0.2, 0.25) is 0 Å². The van der Waals surface area contributed by atoms with Gasteiger partial charge in [-0.05, 0) is 25.0 Å². The highest BCUT2D eigenvalue weighted by Crippen LogP contribution is 2.28. The van der Waals surface area contributed by atoms with E-state index < -0.39 is 6.09 Å². The topological polar surface area (TPSA) is 47.6 Å². The zero-order valence-corrected chi connectivity index (χ0v) is 9.52. The third kappa shape index (κ3) is 3.83. The molecule has 4 nitrogen and oxygen atoms in total. The van der Waals surface area contributed by atoms with Gasteiger partial charge in [0.1, 0.15) is 12.4 Å². The van der Waals surface area contributed by atoms with E-state index >= 15 is 0 Å². The minimum absolute atomic E-state index is 0.199. The van der Waals surface area contributed by atoms with Crippen LogP contribution in [0.4, 0.5) is 10.5 Å². The summed E-state index contributed by atoms with van der Waals surface area (Å²) in [7, 11) is 0. The van der Waals surface area contributed by atoms with Gasteiger partial charge < -0.3 is 9.47 Å². The molecule has 0 aromatic heterocycles. The highest BCUT2D eigenvalue weighted by molar-refractivity contribution is 5.84. The van der Waals surface area contributed by atoms with Gasteiger partial charge in [0.25, 0.3) is 0 Å². The molecule has 0 saturated heterocycles. The molecule has 0 radical (unpaired) electrons. The van der Waals surface area contributed by atoms with Crippen molar-refractivity contribution in [3.05, 3.63) is 36.9 Å². The highest BCUT2D eigenvalue weighted by atomic mass is 16.5. The number of carbonyl (C=O) groups excluding carboxylic acids is 1. The third-order valence-corrected chi connectivity index (χ3v) is 2.24. The van der Waals surface area contributed by atoms with E-state index in [1.807, 2.05) is 12.1 Å². The molecule has 1 aromatic carbocycles. The number of hydrogen-bond donors (Lipinski definition) is 1. The first kappa shape index (κ1) is 11.5. The Balaban J connectivity index is 1.90. The Morgan fingerprint density at radius 2 is 2.35 bits per heavy atom. The van der Waals surface area contributed by atoms with Crippen molar-refractivity contribution in [1.82, 2.24) is 0 Å². The maximum absolute atomic E-state index is 11.3. The number of hydrogen-bond acceptors (Lipinski definition) is 3. The van der Waals surface area contributed by atoms with E-state index in [9.17, 15) is 4.79 Å². The molecular formula is C13H15NO3. The monoisotopic (exact) mass is 233 g/mol. The Labute approximate surface area is 100 Å². The molecule has 1 saturated carbocycles. The van der Waals surface area contributed by atoms with Crippen LogP contribution in [0.15, 0.2) is 36.9 Å². The summed E-state index contributed by atoms with van der Waals surface area (Å²) in [5, 5.41) is 2.62. The molecule has 1 fully saturated rings. The molecule has 1 aromatic rings. The maximum atomic E-state index is 11.3. The van der Waals surface area contributed by atoms with Gasteiger partial charge in [-0.2, -0.15) is 0 Å². The van der Waals surface area contributed by atoms with Crippen LogP contribution >= 0.6 is 0 Å². The van der Waals surface area contributed by atoms with Crippen LogP contribution in [0.25, 0.3) is 0 Å². The standard InChI is InChI=1S/C13H15NO3/c1-2-8-16-13(15)14-10-4-3-5-12(9-10)17-11-6-7-11/h2-5,9,11H,1,6-8H2,(H,14,15). The molecule has 1 amide bonds. The lowest BCUT2D eigenvalue weighted by Crippen LogP contribution is -2.13. The molecule has 90 valence electrons. The van der Waals surface area contributed by atoms with Crippen LogP contribution in [0.1, 0.15) is 12.8 Å². The molecule has 1 aliphatic rings. The molecule has 2 rings (SSSR count). The molecular weight excluding hydrogens is 218 g/mol. The lowest BCUT2D eigenvalue weighted by Gasteiger charge is -2.08. The average Bonchev–Trinajstić information content (AvgIpc) is 3.11. The van der Waals surface area contributed by atoms with Crippen molar-refractivity contribution in [2.75, 3.05) is 11.9 Å². The van der Waals surface area contributed by atoms with Crippen molar-refractivity contribution in [2.24, 2.45) is 0 Å². The van der Waals surface area contributed by atoms with Gasteiger partial charge in [0.2, 0.25) is 0 Å². The number of rotatable bonds is 5. The van der Waals surface area contributed by atoms with Crippen molar-refractivity contribution in [2.45, 2.75) is 18.9 Å². The first-order chi connectivity index (χ1) is 8.28. The molecule has 0 heterocycles. The largest absolute Gasteiger partial charge is 0.490 e. The Bertz CT molecular complexity index is 413. The molecule has 0 aliphatic heterocycles. The number of benzene rings is 1. The van der Waals surface area contributed by atoms with Crippen LogP contribution in [0.3, 0.4) is 0 Å². The lowest BCUT2D eigenvalue weighted by molar-refractivity contribution is 0.174. The minimum atomic E-state index is -0.492. The summed E-state index contributed by atoms with van der Waals surface area (Å²) in [6.07, 6.45) is 3.59. The fraction of sp³-hybridized carbons (Fsp3) is 0.308. The van der Waals surface area contributed by atoms with Crippen LogP contribution in [0, 0.1) is 0 Å². The first-order valence-corrected chi connectivity index (χ1v) is 5.59. The van der Waals surface area contributed by atoms with Crippen molar-refractivity contribution >= 4 is 11.8 Å². The van der Waals surface area contributed by atoms with E-state index in [1.165, 1.54) is 6.08 Å². The Hall–Kier alpha value is -1.97. The van der Waals surface area contributed by atoms with Crippen molar-refractivity contribution in [3.8, 4) is 5.75 Å². The number of amides is 1. The molecule has 1 aliphatic carbocycles. The zero-order chi connectivity index (χ0) is 12.1. The Kier molecular flexibility index (Phi) is 3.65. The third-order valence-electron chi connectivity index (χ3n) is 2.24. The van der Waals surface area contributed by atoms with E-state index in [0.717, 1.165) is 18.6 Å². The summed E-state index contributed by atoms with van der Waals surface area (Å²) in [6, 6.07) is 7.28. The zero-order valence-electron chi connectivity index (χ0n) is 9.52. The quantitative estimate of drug-likeness (QED) is 0.795. The van der Waals surface area contributed by atoms with Crippen LogP contribution < -0.4 is 10.1 Å². The molecule has 0 atom stereocenters. The summed E-state index contributed by atoms with van der Waals surface area (Å²) >= 11 is 0. The number of anilines is 1. The van der Waals surface area contributed by atoms with E-state index in [2.05, 4.69) is 11.9 Å². The Morgan fingerprint density at radius 3 is 3.06 bits per heavy atom. The van der Waals surface area contributed by atoms with E-state index in [1.54, 1.807) is 12.1 Å². The van der Waals surface area contributed by atoms with Gasteiger partial charge in [-0.25, -0.2) is 4.79 Å². The number of carbonyl (C=O) groups is 1. The summed E-state index contributed by atoms with van der Waals surface area (Å²) in [4.78, 5) is 11.3. The fourth-order valence-corrected chi connectivity index (χ4v) is 1.31. The normalized spacial score (nSPS) is 13.9. The van der Waals surface area contributed by atoms with Crippen molar-refractivity contribution in [1.29, 1.82) is 0 Å². The molecule has 0 bridgehead atoms. The van der Waals surface area contributed by atoms with E-state index in [0.29, 0.717) is 11.8 Å². The lowest BCUT2D eigenvalue weighted by atomic mass is 10.3. The second-order valence-electron chi connectivity index (χ2n) is 3.86. The smallest absolute Gasteiger partial charge is 0.411 e. The van der Waals surface area contributed by atoms with Gasteiger partial charge in [-0.15, -0.1) is 0 Å². The van der Waals surface area contributed by atoms with Gasteiger partial charge in [0.05, 0.1) is 6.10 Å². The van der Waals surface area contributed by atoms with Crippen LogP contribution in [-0.2, 0) is 4.74 Å². The second-order valence-corrected chi connectivity index (χ2v) is 3.86. The SMILES string of the molecule is C=CCOC(=O)Nc1cccc(OC2CC2)c1. The predicted molar refractivity (Wildman–Crippen MR) is 65.3 cm³/mol.